The molecule has 2 rings (SSSR count). The van der Waals surface area contributed by atoms with Crippen molar-refractivity contribution in [2.45, 2.75) is 39.4 Å². The summed E-state index contributed by atoms with van der Waals surface area (Å²) in [4.78, 5) is 16.4. The summed E-state index contributed by atoms with van der Waals surface area (Å²) in [5.41, 5.74) is 1.49. The minimum Gasteiger partial charge on any atom is -0.491 e. The number of benzene rings is 2. The first kappa shape index (κ1) is 25.1. The minimum atomic E-state index is -0.767. The fraction of sp³-hybridized carbons (Fsp3) is 0.417. The SMILES string of the molecule is CCNC(=NCC(O)c1cccc(OC(C)C)c1)NCCNC(=O)Cc1ccc(F)cc1. The number of halogens is 1. The maximum absolute atomic E-state index is 12.9. The number of aliphatic hydroxyl groups excluding tert-OH is 1. The fourth-order valence-corrected chi connectivity index (χ4v) is 2.93. The van der Waals surface area contributed by atoms with Crippen molar-refractivity contribution in [3.63, 3.8) is 0 Å². The van der Waals surface area contributed by atoms with Crippen molar-refractivity contribution in [2.75, 3.05) is 26.2 Å². The Kier molecular flexibility index (Phi) is 10.5. The van der Waals surface area contributed by atoms with Crippen LogP contribution in [0.25, 0.3) is 0 Å². The Morgan fingerprint density at radius 1 is 1.09 bits per heavy atom. The molecule has 0 aliphatic rings. The van der Waals surface area contributed by atoms with Crippen LogP contribution in [0.2, 0.25) is 0 Å². The first-order valence-corrected chi connectivity index (χ1v) is 10.9. The average Bonchev–Trinajstić information content (AvgIpc) is 2.76. The van der Waals surface area contributed by atoms with Crippen LogP contribution in [0.15, 0.2) is 53.5 Å². The highest BCUT2D eigenvalue weighted by atomic mass is 19.1. The molecular formula is C24H33FN4O3. The number of guanidine groups is 1. The first-order chi connectivity index (χ1) is 15.4. The molecule has 1 amide bonds. The lowest BCUT2D eigenvalue weighted by Gasteiger charge is -2.15. The molecule has 0 aliphatic carbocycles. The summed E-state index contributed by atoms with van der Waals surface area (Å²) in [6.45, 7) is 7.56. The van der Waals surface area contributed by atoms with Gasteiger partial charge in [-0.05, 0) is 56.2 Å². The van der Waals surface area contributed by atoms with Crippen molar-refractivity contribution in [3.05, 3.63) is 65.5 Å². The van der Waals surface area contributed by atoms with Crippen LogP contribution in [-0.4, -0.2) is 49.3 Å². The summed E-state index contributed by atoms with van der Waals surface area (Å²) in [6.07, 6.45) is -0.516. The highest BCUT2D eigenvalue weighted by Crippen LogP contribution is 2.20. The van der Waals surface area contributed by atoms with Gasteiger partial charge in [-0.15, -0.1) is 0 Å². The average molecular weight is 445 g/mol. The molecule has 8 heteroatoms. The van der Waals surface area contributed by atoms with E-state index in [1.807, 2.05) is 45.0 Å². The molecule has 32 heavy (non-hydrogen) atoms. The molecule has 0 heterocycles. The van der Waals surface area contributed by atoms with Gasteiger partial charge in [0.2, 0.25) is 5.91 Å². The predicted octanol–water partition coefficient (Wildman–Crippen LogP) is 2.56. The number of ether oxygens (including phenoxy) is 1. The summed E-state index contributed by atoms with van der Waals surface area (Å²) >= 11 is 0. The van der Waals surface area contributed by atoms with E-state index in [1.165, 1.54) is 12.1 Å². The number of hydrogen-bond acceptors (Lipinski definition) is 4. The van der Waals surface area contributed by atoms with Crippen LogP contribution in [0.5, 0.6) is 5.75 Å². The number of carbonyl (C=O) groups is 1. The van der Waals surface area contributed by atoms with Crippen LogP contribution in [0.3, 0.4) is 0 Å². The Hall–Kier alpha value is -3.13. The van der Waals surface area contributed by atoms with Gasteiger partial charge >= 0.3 is 0 Å². The van der Waals surface area contributed by atoms with Crippen molar-refractivity contribution in [1.29, 1.82) is 0 Å². The van der Waals surface area contributed by atoms with Gasteiger partial charge in [-0.3, -0.25) is 9.79 Å². The molecule has 2 aromatic rings. The van der Waals surface area contributed by atoms with E-state index in [0.717, 1.165) is 11.1 Å². The Labute approximate surface area is 189 Å². The molecule has 174 valence electrons. The number of rotatable bonds is 11. The van der Waals surface area contributed by atoms with Gasteiger partial charge in [0.25, 0.3) is 0 Å². The van der Waals surface area contributed by atoms with E-state index < -0.39 is 6.10 Å². The molecule has 1 atom stereocenters. The van der Waals surface area contributed by atoms with Crippen molar-refractivity contribution in [3.8, 4) is 5.75 Å². The number of carbonyl (C=O) groups excluding carboxylic acids is 1. The van der Waals surface area contributed by atoms with Gasteiger partial charge in [0.1, 0.15) is 11.6 Å². The normalized spacial score (nSPS) is 12.4. The standard InChI is InChI=1S/C24H33FN4O3/c1-4-26-24(28-13-12-27-23(31)14-18-8-10-20(25)11-9-18)29-16-22(30)19-6-5-7-21(15-19)32-17(2)3/h5-11,15,17,22,30H,4,12-14,16H2,1-3H3,(H,27,31)(H2,26,28,29). The second-order valence-corrected chi connectivity index (χ2v) is 7.55. The third-order valence-electron chi connectivity index (χ3n) is 4.40. The molecule has 0 aliphatic heterocycles. The Balaban J connectivity index is 1.79. The van der Waals surface area contributed by atoms with Gasteiger partial charge in [-0.25, -0.2) is 4.39 Å². The van der Waals surface area contributed by atoms with Crippen molar-refractivity contribution in [1.82, 2.24) is 16.0 Å². The third kappa shape index (κ3) is 9.34. The lowest BCUT2D eigenvalue weighted by Crippen LogP contribution is -2.42. The number of aliphatic imine (C=N–C) groups is 1. The van der Waals surface area contributed by atoms with E-state index >= 15 is 0 Å². The smallest absolute Gasteiger partial charge is 0.224 e. The summed E-state index contributed by atoms with van der Waals surface area (Å²) in [5.74, 6) is 0.797. The van der Waals surface area contributed by atoms with Crippen LogP contribution in [0, 0.1) is 5.82 Å². The van der Waals surface area contributed by atoms with Gasteiger partial charge < -0.3 is 25.8 Å². The zero-order valence-corrected chi connectivity index (χ0v) is 18.9. The molecule has 0 saturated heterocycles. The maximum atomic E-state index is 12.9. The predicted molar refractivity (Wildman–Crippen MR) is 124 cm³/mol. The van der Waals surface area contributed by atoms with Gasteiger partial charge in [-0.2, -0.15) is 0 Å². The zero-order chi connectivity index (χ0) is 23.3. The van der Waals surface area contributed by atoms with Gasteiger partial charge in [0.05, 0.1) is 25.2 Å². The van der Waals surface area contributed by atoms with Crippen molar-refractivity contribution < 1.29 is 19.0 Å². The molecule has 0 radical (unpaired) electrons. The fourth-order valence-electron chi connectivity index (χ4n) is 2.93. The second kappa shape index (κ2) is 13.3. The first-order valence-electron chi connectivity index (χ1n) is 10.9. The Morgan fingerprint density at radius 3 is 2.50 bits per heavy atom. The monoisotopic (exact) mass is 444 g/mol. The third-order valence-corrected chi connectivity index (χ3v) is 4.40. The lowest BCUT2D eigenvalue weighted by molar-refractivity contribution is -0.120. The molecule has 0 saturated carbocycles. The summed E-state index contributed by atoms with van der Waals surface area (Å²) in [6, 6.07) is 13.2. The molecule has 7 nitrogen and oxygen atoms in total. The van der Waals surface area contributed by atoms with E-state index in [9.17, 15) is 14.3 Å². The van der Waals surface area contributed by atoms with Gasteiger partial charge in [0.15, 0.2) is 5.96 Å². The number of aliphatic hydroxyl groups is 1. The number of nitrogens with zero attached hydrogens (tertiary/aromatic N) is 1. The maximum Gasteiger partial charge on any atom is 0.224 e. The van der Waals surface area contributed by atoms with Crippen LogP contribution in [0.1, 0.15) is 38.0 Å². The molecule has 0 bridgehead atoms. The van der Waals surface area contributed by atoms with E-state index in [0.29, 0.717) is 31.3 Å². The van der Waals surface area contributed by atoms with E-state index in [-0.39, 0.29) is 30.8 Å². The van der Waals surface area contributed by atoms with Crippen LogP contribution >= 0.6 is 0 Å². The molecule has 2 aromatic carbocycles. The summed E-state index contributed by atoms with van der Waals surface area (Å²) in [7, 11) is 0. The quantitative estimate of drug-likeness (QED) is 0.243. The largest absolute Gasteiger partial charge is 0.491 e. The molecule has 0 aromatic heterocycles. The molecule has 1 unspecified atom stereocenters. The topological polar surface area (TPSA) is 95.0 Å². The molecular weight excluding hydrogens is 411 g/mol. The van der Waals surface area contributed by atoms with Gasteiger partial charge in [-0.1, -0.05) is 24.3 Å². The van der Waals surface area contributed by atoms with Gasteiger partial charge in [0, 0.05) is 19.6 Å². The minimum absolute atomic E-state index is 0.0566. The second-order valence-electron chi connectivity index (χ2n) is 7.55. The lowest BCUT2D eigenvalue weighted by atomic mass is 10.1. The van der Waals surface area contributed by atoms with E-state index in [4.69, 9.17) is 4.74 Å². The number of hydrogen-bond donors (Lipinski definition) is 4. The molecule has 0 fully saturated rings. The zero-order valence-electron chi connectivity index (χ0n) is 18.9. The molecule has 4 N–H and O–H groups in total. The van der Waals surface area contributed by atoms with Crippen molar-refractivity contribution in [2.24, 2.45) is 4.99 Å². The number of amides is 1. The van der Waals surface area contributed by atoms with E-state index in [1.54, 1.807) is 12.1 Å². The molecule has 0 spiro atoms. The Bertz CT molecular complexity index is 872. The summed E-state index contributed by atoms with van der Waals surface area (Å²) in [5, 5.41) is 19.6. The van der Waals surface area contributed by atoms with Crippen LogP contribution in [0.4, 0.5) is 4.39 Å². The van der Waals surface area contributed by atoms with E-state index in [2.05, 4.69) is 20.9 Å². The summed E-state index contributed by atoms with van der Waals surface area (Å²) < 4.78 is 18.6. The number of nitrogens with one attached hydrogen (secondary N) is 3. The highest BCUT2D eigenvalue weighted by molar-refractivity contribution is 5.80. The highest BCUT2D eigenvalue weighted by Gasteiger charge is 2.10. The van der Waals surface area contributed by atoms with Crippen LogP contribution in [-0.2, 0) is 11.2 Å². The van der Waals surface area contributed by atoms with Crippen molar-refractivity contribution >= 4 is 11.9 Å². The Morgan fingerprint density at radius 2 is 1.81 bits per heavy atom. The van der Waals surface area contributed by atoms with Crippen LogP contribution < -0.4 is 20.7 Å².